The van der Waals surface area contributed by atoms with Gasteiger partial charge in [-0.15, -0.1) is 44.1 Å². The molecule has 16 bridgehead atoms. The second-order valence-corrected chi connectivity index (χ2v) is 31.1. The monoisotopic (exact) mass is 2180 g/mol. The minimum Gasteiger partial charge on any atom is -1.00 e. The van der Waals surface area contributed by atoms with Crippen molar-refractivity contribution in [1.29, 1.82) is 0 Å². The molecular weight excluding hydrogens is 2080 g/mol. The van der Waals surface area contributed by atoms with Gasteiger partial charge in [0.25, 0.3) is 0 Å². The minimum absolute atomic E-state index is 0. The summed E-state index contributed by atoms with van der Waals surface area (Å²) in [4.78, 5) is 44.5. The Morgan fingerprint density at radius 3 is 0.688 bits per heavy atom. The van der Waals surface area contributed by atoms with Crippen molar-refractivity contribution in [1.82, 2.24) is 39.9 Å². The zero-order valence-electron chi connectivity index (χ0n) is 78.2. The molecule has 0 radical (unpaired) electrons. The van der Waals surface area contributed by atoms with Crippen LogP contribution in [0.25, 0.3) is 160 Å². The number of pyridine rings is 2. The van der Waals surface area contributed by atoms with E-state index >= 15 is 0 Å². The number of ether oxygens (including phenoxy) is 16. The van der Waals surface area contributed by atoms with E-state index in [0.29, 0.717) is 282 Å². The molecule has 0 amide bonds. The van der Waals surface area contributed by atoms with E-state index in [-0.39, 0.29) is 86.9 Å². The molecule has 0 saturated carbocycles. The molecule has 0 fully saturated rings. The summed E-state index contributed by atoms with van der Waals surface area (Å²) in [6.07, 6.45) is 24.2. The fraction of sp³-hybridized carbons (Fsp3) is 0.278. The van der Waals surface area contributed by atoms with Crippen LogP contribution in [0.2, 0.25) is 0 Å². The number of hydrogen-bond donors (Lipinski definition) is 0. The van der Waals surface area contributed by atoms with Crippen LogP contribution in [-0.2, 0) is 110 Å². The predicted octanol–water partition coefficient (Wildman–Crippen LogP) is 9.43. The summed E-state index contributed by atoms with van der Waals surface area (Å²) in [5.41, 5.74) is 20.6. The normalized spacial score (nSPS) is 11.6. The summed E-state index contributed by atoms with van der Waals surface area (Å²) in [7, 11) is 10.6. The average molecular weight is 2180 g/mol. The standard InChI is InChI=1S/C108H106N10O16.2HI.2Zn/c1-117-43-39-75(40-44-117)103-91-31-35-99(113-91)105(77-13-9-17-81(71-77)131-67-63-127-59-55-123-51-47-119-3)95-27-23-87(109-95)85(88-24-28-96(110-88)106(100-36-32-92(103)114-100)78-14-10-18-82(72-78)132-68-64-128-60-56-124-52-48-120-4)21-7-8-22-86-89-25-29-97(111-89)107(79-15-11-19-83(73-79)133-69-65-129-61-57-125-53-49-121-5)101-37-33-93(115-101)104(76-41-45-118(2)46-42-76)94-34-38-102(116-94)108(98-30-26-90(86)112-98)80-16-12-20-84(74-80)134-70-66-130-62-58-126-54-50-122-6;;;;/h9-20,23-46,71-74H,47-70H2,1-6H3;2*1H;;/q-2;;;2*+2/p-2. The summed E-state index contributed by atoms with van der Waals surface area (Å²) in [6, 6.07) is 56.2. The first-order chi connectivity index (χ1) is 66.1. The first-order valence-corrected chi connectivity index (χ1v) is 44.7. The van der Waals surface area contributed by atoms with E-state index in [9.17, 15) is 0 Å². The van der Waals surface area contributed by atoms with Gasteiger partial charge >= 0.3 is 39.0 Å². The van der Waals surface area contributed by atoms with Crippen molar-refractivity contribution >= 4 is 92.7 Å². The molecule has 30 heteroatoms. The maximum absolute atomic E-state index is 6.42. The van der Waals surface area contributed by atoms with Gasteiger partial charge in [-0.2, -0.15) is 0 Å². The molecule has 138 heavy (non-hydrogen) atoms. The molecule has 12 aromatic rings. The van der Waals surface area contributed by atoms with E-state index in [1.165, 1.54) is 0 Å². The van der Waals surface area contributed by atoms with Crippen molar-refractivity contribution in [2.75, 3.05) is 187 Å². The molecule has 4 aliphatic heterocycles. The number of hydrogen-bond acceptors (Lipinski definition) is 20. The van der Waals surface area contributed by atoms with Crippen LogP contribution < -0.4 is 96.0 Å². The molecule has 4 aromatic carbocycles. The van der Waals surface area contributed by atoms with Crippen molar-refractivity contribution in [2.24, 2.45) is 14.1 Å². The number of aromatic nitrogens is 10. The molecule has 0 atom stereocenters. The van der Waals surface area contributed by atoms with Crippen molar-refractivity contribution in [2.45, 2.75) is 0 Å². The van der Waals surface area contributed by atoms with Crippen LogP contribution in [0.1, 0.15) is 56.7 Å². The number of methoxy groups -OCH3 is 4. The Kier molecular flexibility index (Phi) is 42.2. The van der Waals surface area contributed by atoms with Crippen molar-refractivity contribution < 1.29 is 172 Å². The maximum atomic E-state index is 6.42. The molecule has 26 nitrogen and oxygen atoms in total. The summed E-state index contributed by atoms with van der Waals surface area (Å²) >= 11 is 0. The van der Waals surface area contributed by atoms with Crippen molar-refractivity contribution in [3.05, 3.63) is 251 Å². The van der Waals surface area contributed by atoms with Crippen LogP contribution in [0.4, 0.5) is 0 Å². The van der Waals surface area contributed by atoms with E-state index in [4.69, 9.17) is 116 Å². The molecule has 0 aliphatic carbocycles. The number of benzene rings is 4. The zero-order valence-corrected chi connectivity index (χ0v) is 88.5. The zero-order chi connectivity index (χ0) is 91.8. The van der Waals surface area contributed by atoms with Gasteiger partial charge < -0.3 is 144 Å². The summed E-state index contributed by atoms with van der Waals surface area (Å²) < 4.78 is 96.4. The van der Waals surface area contributed by atoms with Gasteiger partial charge in [-0.3, -0.25) is 0 Å². The Morgan fingerprint density at radius 1 is 0.239 bits per heavy atom. The SMILES string of the molecule is COCCOCCOCCOc1cccc(-c2c3nc(c(-c4cc[n+](C)cc4)c4ccc([n-]4)c(-c4cccc(OCCOCCOCCOC)c4)c4nc(c(C#CC#Cc5c6nc(c(-c7cccc(OCCOCCOCCOC)c7)c7ccc([n-]7)c(-c7cc[n+](C)cc7)c7nc(c(-c8cccc(OCCOCCOCCOC)c8)c8ccc5[n-]8)C=C7)C=C6)c5ccc2[n-]5)C=C4)C=C3)c1.[I-].[I-].[Zn+2].[Zn+2]. The third-order valence-corrected chi connectivity index (χ3v) is 21.9. The van der Waals surface area contributed by atoms with Crippen molar-refractivity contribution in [3.63, 3.8) is 0 Å². The van der Waals surface area contributed by atoms with E-state index in [2.05, 4.69) is 47.9 Å². The van der Waals surface area contributed by atoms with Gasteiger partial charge in [-0.25, -0.2) is 29.1 Å². The Hall–Kier alpha value is -11.1. The maximum Gasteiger partial charge on any atom is 2.00 e. The molecule has 0 N–H and O–H groups in total. The van der Waals surface area contributed by atoms with Crippen LogP contribution in [0.15, 0.2) is 195 Å². The largest absolute Gasteiger partial charge is 2.00 e. The minimum atomic E-state index is 0. The Balaban J connectivity index is 0.00000427. The molecule has 8 aromatic heterocycles. The molecule has 4 aliphatic rings. The molecule has 0 saturated heterocycles. The van der Waals surface area contributed by atoms with E-state index in [0.717, 1.165) is 66.8 Å². The summed E-state index contributed by atoms with van der Waals surface area (Å²) in [5, 5.41) is 0. The fourth-order valence-corrected chi connectivity index (χ4v) is 15.4. The number of aryl methyl sites for hydroxylation is 2. The number of nitrogens with zero attached hydrogens (tertiary/aromatic N) is 10. The van der Waals surface area contributed by atoms with Gasteiger partial charge in [-0.1, -0.05) is 109 Å². The number of fused-ring (bicyclic) bond motifs is 16. The molecule has 702 valence electrons. The third kappa shape index (κ3) is 28.4. The Bertz CT molecular complexity index is 6190. The molecular formula is C108H106I2N10O16Zn2. The first-order valence-electron chi connectivity index (χ1n) is 44.7. The van der Waals surface area contributed by atoms with E-state index in [1.807, 2.05) is 242 Å². The molecule has 0 spiro atoms. The van der Waals surface area contributed by atoms with Gasteiger partial charge in [0.15, 0.2) is 24.8 Å². The fourth-order valence-electron chi connectivity index (χ4n) is 15.4. The third-order valence-electron chi connectivity index (χ3n) is 21.9. The van der Waals surface area contributed by atoms with Gasteiger partial charge in [0.2, 0.25) is 0 Å². The van der Waals surface area contributed by atoms with Crippen LogP contribution in [0.3, 0.4) is 0 Å². The molecule has 0 unspecified atom stereocenters. The average Bonchev–Trinajstić information content (AvgIpc) is 1.62. The Labute approximate surface area is 863 Å². The van der Waals surface area contributed by atoms with Crippen LogP contribution in [0, 0.1) is 23.7 Å². The second kappa shape index (κ2) is 55.1. The van der Waals surface area contributed by atoms with E-state index < -0.39 is 0 Å². The van der Waals surface area contributed by atoms with Crippen LogP contribution >= 0.6 is 0 Å². The Morgan fingerprint density at radius 2 is 0.442 bits per heavy atom. The second-order valence-electron chi connectivity index (χ2n) is 31.1. The number of rotatable bonds is 46. The van der Waals surface area contributed by atoms with Crippen LogP contribution in [-0.4, -0.2) is 207 Å². The van der Waals surface area contributed by atoms with Gasteiger partial charge in [0.05, 0.1) is 178 Å². The predicted molar refractivity (Wildman–Crippen MR) is 518 cm³/mol. The first kappa shape index (κ1) is 106. The summed E-state index contributed by atoms with van der Waals surface area (Å²) in [6.45, 7) is 9.93. The quantitative estimate of drug-likeness (QED) is 0.0113. The number of halogens is 2. The molecule has 16 rings (SSSR count). The van der Waals surface area contributed by atoms with Crippen LogP contribution in [0.5, 0.6) is 23.0 Å². The van der Waals surface area contributed by atoms with Crippen molar-refractivity contribution in [3.8, 4) is 113 Å². The summed E-state index contributed by atoms with van der Waals surface area (Å²) in [5.74, 6) is 16.3. The topological polar surface area (TPSA) is 263 Å². The molecule has 12 heterocycles. The van der Waals surface area contributed by atoms with Gasteiger partial charge in [0, 0.05) is 63.8 Å². The van der Waals surface area contributed by atoms with Gasteiger partial charge in [0.1, 0.15) is 63.5 Å². The van der Waals surface area contributed by atoms with E-state index in [1.54, 1.807) is 28.4 Å². The van der Waals surface area contributed by atoms with Gasteiger partial charge in [-0.05, 0) is 176 Å². The smallest absolute Gasteiger partial charge is 1.00 e.